The molecule has 0 saturated carbocycles. The minimum atomic E-state index is -0.848. The van der Waals surface area contributed by atoms with Crippen LogP contribution >= 0.6 is 0 Å². The Morgan fingerprint density at radius 2 is 2.04 bits per heavy atom. The first-order chi connectivity index (χ1) is 12.1. The van der Waals surface area contributed by atoms with E-state index in [0.29, 0.717) is 37.4 Å². The highest BCUT2D eigenvalue weighted by atomic mass is 16.5. The van der Waals surface area contributed by atoms with Crippen molar-refractivity contribution in [3.8, 4) is 5.88 Å². The monoisotopic (exact) mass is 340 g/mol. The number of pyridine rings is 1. The molecule has 1 fully saturated rings. The van der Waals surface area contributed by atoms with E-state index in [1.807, 2.05) is 30.3 Å². The van der Waals surface area contributed by atoms with Crippen LogP contribution in [0.5, 0.6) is 5.88 Å². The van der Waals surface area contributed by atoms with Crippen molar-refractivity contribution in [3.05, 3.63) is 59.8 Å². The predicted octanol–water partition coefficient (Wildman–Crippen LogP) is 2.60. The molecule has 0 spiro atoms. The van der Waals surface area contributed by atoms with E-state index < -0.39 is 11.9 Å². The second-order valence-electron chi connectivity index (χ2n) is 6.09. The molecule has 6 heteroatoms. The van der Waals surface area contributed by atoms with E-state index in [1.165, 1.54) is 6.20 Å². The van der Waals surface area contributed by atoms with Gasteiger partial charge in [0.1, 0.15) is 6.61 Å². The molecule has 1 atom stereocenters. The first-order valence-corrected chi connectivity index (χ1v) is 8.28. The molecule has 1 N–H and O–H groups in total. The summed E-state index contributed by atoms with van der Waals surface area (Å²) in [5.74, 6) is -1.15. The van der Waals surface area contributed by atoms with E-state index in [2.05, 4.69) is 4.98 Å². The van der Waals surface area contributed by atoms with Crippen LogP contribution in [0, 0.1) is 5.92 Å². The van der Waals surface area contributed by atoms with Gasteiger partial charge in [0.2, 0.25) is 5.88 Å². The summed E-state index contributed by atoms with van der Waals surface area (Å²) < 4.78 is 5.65. The number of aliphatic carboxylic acids is 1. The Bertz CT molecular complexity index is 748. The molecule has 1 aromatic carbocycles. The molecule has 2 aromatic rings. The maximum Gasteiger partial charge on any atom is 0.308 e. The normalized spacial score (nSPS) is 17.1. The van der Waals surface area contributed by atoms with Gasteiger partial charge in [-0.1, -0.05) is 30.3 Å². The standard InChI is InChI=1S/C19H20N2O4/c22-18(21-10-4-7-16(12-21)19(23)24)15-8-9-20-17(11-15)25-13-14-5-2-1-3-6-14/h1-3,5-6,8-9,11,16H,4,7,10,12-13H2,(H,23,24). The summed E-state index contributed by atoms with van der Waals surface area (Å²) in [6, 6.07) is 12.9. The van der Waals surface area contributed by atoms with Crippen molar-refractivity contribution in [3.63, 3.8) is 0 Å². The third-order valence-corrected chi connectivity index (χ3v) is 4.27. The highest BCUT2D eigenvalue weighted by molar-refractivity contribution is 5.94. The fraction of sp³-hybridized carbons (Fsp3) is 0.316. The SMILES string of the molecule is O=C(O)C1CCCN(C(=O)c2ccnc(OCc3ccccc3)c2)C1. The van der Waals surface area contributed by atoms with Crippen molar-refractivity contribution >= 4 is 11.9 Å². The minimum Gasteiger partial charge on any atom is -0.481 e. The molecule has 0 bridgehead atoms. The van der Waals surface area contributed by atoms with Crippen LogP contribution in [0.25, 0.3) is 0 Å². The summed E-state index contributed by atoms with van der Waals surface area (Å²) in [6.07, 6.45) is 2.85. The minimum absolute atomic E-state index is 0.182. The zero-order valence-corrected chi connectivity index (χ0v) is 13.8. The highest BCUT2D eigenvalue weighted by Gasteiger charge is 2.28. The lowest BCUT2D eigenvalue weighted by molar-refractivity contribution is -0.143. The number of carboxylic acid groups (broad SMARTS) is 1. The Balaban J connectivity index is 1.66. The van der Waals surface area contributed by atoms with Crippen molar-refractivity contribution in [2.45, 2.75) is 19.4 Å². The molecule has 1 aliphatic heterocycles. The number of ether oxygens (including phenoxy) is 1. The van der Waals surface area contributed by atoms with Gasteiger partial charge in [0.15, 0.2) is 0 Å². The van der Waals surface area contributed by atoms with Gasteiger partial charge in [-0.2, -0.15) is 0 Å². The summed E-state index contributed by atoms with van der Waals surface area (Å²) in [7, 11) is 0. The molecule has 1 aromatic heterocycles. The van der Waals surface area contributed by atoms with E-state index in [4.69, 9.17) is 9.84 Å². The van der Waals surface area contributed by atoms with Gasteiger partial charge in [-0.15, -0.1) is 0 Å². The number of amides is 1. The molecular formula is C19H20N2O4. The second-order valence-corrected chi connectivity index (χ2v) is 6.09. The molecule has 2 heterocycles. The molecule has 6 nitrogen and oxygen atoms in total. The van der Waals surface area contributed by atoms with Gasteiger partial charge < -0.3 is 14.7 Å². The van der Waals surface area contributed by atoms with Gasteiger partial charge in [-0.25, -0.2) is 4.98 Å². The van der Waals surface area contributed by atoms with E-state index in [1.54, 1.807) is 17.0 Å². The summed E-state index contributed by atoms with van der Waals surface area (Å²) in [5.41, 5.74) is 1.48. The van der Waals surface area contributed by atoms with Crippen LogP contribution in [0.4, 0.5) is 0 Å². The third-order valence-electron chi connectivity index (χ3n) is 4.27. The van der Waals surface area contributed by atoms with Crippen molar-refractivity contribution in [1.82, 2.24) is 9.88 Å². The van der Waals surface area contributed by atoms with E-state index in [9.17, 15) is 9.59 Å². The number of rotatable bonds is 5. The van der Waals surface area contributed by atoms with Crippen LogP contribution < -0.4 is 4.74 Å². The van der Waals surface area contributed by atoms with Crippen LogP contribution in [-0.4, -0.2) is 40.0 Å². The molecule has 1 amide bonds. The van der Waals surface area contributed by atoms with Gasteiger partial charge in [-0.05, 0) is 24.5 Å². The van der Waals surface area contributed by atoms with Crippen LogP contribution in [0.15, 0.2) is 48.7 Å². The van der Waals surface area contributed by atoms with Crippen LogP contribution in [0.3, 0.4) is 0 Å². The van der Waals surface area contributed by atoms with E-state index in [-0.39, 0.29) is 12.5 Å². The van der Waals surface area contributed by atoms with Crippen LogP contribution in [-0.2, 0) is 11.4 Å². The predicted molar refractivity (Wildman–Crippen MR) is 91.3 cm³/mol. The van der Waals surface area contributed by atoms with Crippen molar-refractivity contribution in [1.29, 1.82) is 0 Å². The summed E-state index contributed by atoms with van der Waals surface area (Å²) >= 11 is 0. The molecular weight excluding hydrogens is 320 g/mol. The number of carboxylic acids is 1. The highest BCUT2D eigenvalue weighted by Crippen LogP contribution is 2.20. The van der Waals surface area contributed by atoms with Crippen molar-refractivity contribution < 1.29 is 19.4 Å². The maximum atomic E-state index is 12.6. The van der Waals surface area contributed by atoms with Gasteiger partial charge >= 0.3 is 5.97 Å². The quantitative estimate of drug-likeness (QED) is 0.905. The molecule has 1 unspecified atom stereocenters. The molecule has 1 saturated heterocycles. The van der Waals surface area contributed by atoms with E-state index in [0.717, 1.165) is 5.56 Å². The Labute approximate surface area is 146 Å². The maximum absolute atomic E-state index is 12.6. The number of carbonyl (C=O) groups is 2. The number of likely N-dealkylation sites (tertiary alicyclic amines) is 1. The zero-order chi connectivity index (χ0) is 17.6. The van der Waals surface area contributed by atoms with Crippen molar-refractivity contribution in [2.24, 2.45) is 5.92 Å². The number of benzene rings is 1. The summed E-state index contributed by atoms with van der Waals surface area (Å²) in [4.78, 5) is 29.5. The van der Waals surface area contributed by atoms with E-state index >= 15 is 0 Å². The number of hydrogen-bond donors (Lipinski definition) is 1. The molecule has 25 heavy (non-hydrogen) atoms. The topological polar surface area (TPSA) is 79.7 Å². The fourth-order valence-corrected chi connectivity index (χ4v) is 2.90. The first kappa shape index (κ1) is 17.0. The summed E-state index contributed by atoms with van der Waals surface area (Å²) in [5, 5.41) is 9.16. The average molecular weight is 340 g/mol. The number of carbonyl (C=O) groups excluding carboxylic acids is 1. The number of hydrogen-bond acceptors (Lipinski definition) is 4. The lowest BCUT2D eigenvalue weighted by Crippen LogP contribution is -2.42. The second kappa shape index (κ2) is 7.79. The fourth-order valence-electron chi connectivity index (χ4n) is 2.90. The first-order valence-electron chi connectivity index (χ1n) is 8.28. The van der Waals surface area contributed by atoms with Gasteiger partial charge in [0, 0.05) is 30.9 Å². The average Bonchev–Trinajstić information content (AvgIpc) is 2.67. The Morgan fingerprint density at radius 1 is 1.24 bits per heavy atom. The summed E-state index contributed by atoms with van der Waals surface area (Å²) in [6.45, 7) is 1.19. The van der Waals surface area contributed by atoms with Gasteiger partial charge in [0.25, 0.3) is 5.91 Å². The number of nitrogens with zero attached hydrogens (tertiary/aromatic N) is 2. The Morgan fingerprint density at radius 3 is 2.80 bits per heavy atom. The number of aromatic nitrogens is 1. The lowest BCUT2D eigenvalue weighted by atomic mass is 9.98. The molecule has 130 valence electrons. The Hall–Kier alpha value is -2.89. The molecule has 1 aliphatic rings. The number of piperidine rings is 1. The smallest absolute Gasteiger partial charge is 0.308 e. The third kappa shape index (κ3) is 4.35. The largest absolute Gasteiger partial charge is 0.481 e. The molecule has 0 aliphatic carbocycles. The Kier molecular flexibility index (Phi) is 5.28. The van der Waals surface area contributed by atoms with Gasteiger partial charge in [-0.3, -0.25) is 9.59 Å². The van der Waals surface area contributed by atoms with Gasteiger partial charge in [0.05, 0.1) is 5.92 Å². The molecule has 0 radical (unpaired) electrons. The van der Waals surface area contributed by atoms with Crippen LogP contribution in [0.1, 0.15) is 28.8 Å². The lowest BCUT2D eigenvalue weighted by Gasteiger charge is -2.30. The van der Waals surface area contributed by atoms with Crippen LogP contribution in [0.2, 0.25) is 0 Å². The zero-order valence-electron chi connectivity index (χ0n) is 13.8. The molecule has 3 rings (SSSR count). The van der Waals surface area contributed by atoms with Crippen molar-refractivity contribution in [2.75, 3.05) is 13.1 Å².